The fraction of sp³-hybridized carbons (Fsp3) is 0.111. The minimum Gasteiger partial charge on any atom is -0.356 e. The van der Waals surface area contributed by atoms with Crippen LogP contribution >= 0.6 is 20.7 Å². The molecule has 3 heteroatoms. The molecule has 0 unspecified atom stereocenters. The zero-order valence-electron chi connectivity index (χ0n) is 6.67. The first-order valence-electron chi connectivity index (χ1n) is 3.55. The zero-order chi connectivity index (χ0) is 8.55. The lowest BCUT2D eigenvalue weighted by Gasteiger charge is -1.89. The van der Waals surface area contributed by atoms with Gasteiger partial charge in [-0.1, -0.05) is 30.4 Å². The molecule has 2 rings (SSSR count). The van der Waals surface area contributed by atoms with Crippen LogP contribution in [0.1, 0.15) is 5.69 Å². The molecule has 12 heavy (non-hydrogen) atoms. The molecule has 0 bridgehead atoms. The summed E-state index contributed by atoms with van der Waals surface area (Å²) >= 11 is -0.0940. The van der Waals surface area contributed by atoms with Crippen LogP contribution in [0.25, 0.3) is 11.0 Å². The minimum atomic E-state index is -0.0940. The summed E-state index contributed by atoms with van der Waals surface area (Å²) in [7, 11) is 0. The number of hydrogen-bond acceptors (Lipinski definition) is 2. The third-order valence-corrected chi connectivity index (χ3v) is 3.32. The summed E-state index contributed by atoms with van der Waals surface area (Å²) in [5, 5.41) is 5.00. The average Bonchev–Trinajstić information content (AvgIpc) is 2.47. The van der Waals surface area contributed by atoms with Crippen molar-refractivity contribution < 1.29 is 4.52 Å². The van der Waals surface area contributed by atoms with E-state index < -0.39 is 0 Å². The van der Waals surface area contributed by atoms with Crippen LogP contribution in [0.3, 0.4) is 0 Å². The van der Waals surface area contributed by atoms with Gasteiger partial charge >= 0.3 is 0 Å². The van der Waals surface area contributed by atoms with Crippen LogP contribution in [-0.2, 0) is 0 Å². The highest BCUT2D eigenvalue weighted by Crippen LogP contribution is 2.21. The van der Waals surface area contributed by atoms with Crippen molar-refractivity contribution in [1.29, 1.82) is 0 Å². The lowest BCUT2D eigenvalue weighted by molar-refractivity contribution is 0.450. The second kappa shape index (κ2) is 2.97. The van der Waals surface area contributed by atoms with Crippen LogP contribution in [-0.4, -0.2) is 9.67 Å². The molecule has 62 valence electrons. The first kappa shape index (κ1) is 7.91. The van der Waals surface area contributed by atoms with Crippen molar-refractivity contribution in [1.82, 2.24) is 5.16 Å². The van der Waals surface area contributed by atoms with Crippen molar-refractivity contribution in [3.05, 3.63) is 27.5 Å². The van der Waals surface area contributed by atoms with Crippen LogP contribution < -0.4 is 0 Å². The maximum atomic E-state index is 5.13. The van der Waals surface area contributed by atoms with Crippen LogP contribution in [0.15, 0.2) is 22.7 Å². The van der Waals surface area contributed by atoms with Crippen molar-refractivity contribution in [3.63, 3.8) is 0 Å². The number of aromatic nitrogens is 1. The first-order valence-corrected chi connectivity index (χ1v) is 6.16. The Morgan fingerprint density at radius 3 is 3.08 bits per heavy atom. The van der Waals surface area contributed by atoms with Crippen molar-refractivity contribution in [2.24, 2.45) is 0 Å². The topological polar surface area (TPSA) is 26.0 Å². The largest absolute Gasteiger partial charge is 0.356 e. The summed E-state index contributed by atoms with van der Waals surface area (Å²) in [6.45, 7) is 1.95. The maximum absolute atomic E-state index is 5.13. The molecule has 0 atom stereocenters. The highest BCUT2D eigenvalue weighted by molar-refractivity contribution is 14.2. The van der Waals surface area contributed by atoms with E-state index in [2.05, 4.69) is 21.8 Å². The Hall–Kier alpha value is -0.710. The zero-order valence-corrected chi connectivity index (χ0v) is 8.83. The molecular formula is C9H8INO. The Morgan fingerprint density at radius 2 is 2.33 bits per heavy atom. The van der Waals surface area contributed by atoms with Gasteiger partial charge < -0.3 is 4.52 Å². The average molecular weight is 273 g/mol. The highest BCUT2D eigenvalue weighted by atomic mass is 127. The second-order valence-corrected chi connectivity index (χ2v) is 4.55. The Morgan fingerprint density at radius 1 is 1.50 bits per heavy atom. The predicted octanol–water partition coefficient (Wildman–Crippen LogP) is 2.71. The highest BCUT2D eigenvalue weighted by Gasteiger charge is 2.02. The monoisotopic (exact) mass is 273 g/mol. The quantitative estimate of drug-likeness (QED) is 0.747. The Balaban J connectivity index is 2.77. The van der Waals surface area contributed by atoms with Crippen molar-refractivity contribution in [2.75, 3.05) is 0 Å². The molecule has 1 heterocycles. The van der Waals surface area contributed by atoms with Gasteiger partial charge in [0.1, 0.15) is 0 Å². The predicted molar refractivity (Wildman–Crippen MR) is 58.6 cm³/mol. The van der Waals surface area contributed by atoms with E-state index in [9.17, 15) is 0 Å². The molecule has 1 aromatic carbocycles. The Bertz CT molecular complexity index is 433. The van der Waals surface area contributed by atoms with E-state index in [4.69, 9.17) is 4.52 Å². The number of aryl methyl sites for hydroxylation is 1. The number of rotatable bonds is 1. The molecule has 0 aliphatic heterocycles. The number of benzene rings is 1. The summed E-state index contributed by atoms with van der Waals surface area (Å²) in [5.41, 5.74) is 1.84. The second-order valence-electron chi connectivity index (χ2n) is 2.54. The number of halogens is 1. The van der Waals surface area contributed by atoms with Crippen molar-refractivity contribution in [2.45, 2.75) is 6.92 Å². The lowest BCUT2D eigenvalue weighted by Crippen LogP contribution is -1.71. The maximum Gasteiger partial charge on any atom is 0.168 e. The number of fused-ring (bicyclic) bond motifs is 1. The SMILES string of the molecule is C=Ic1ccc2c(C)noc2c1. The van der Waals surface area contributed by atoms with Gasteiger partial charge in [-0.25, -0.2) is 0 Å². The van der Waals surface area contributed by atoms with Gasteiger partial charge in [0.05, 0.1) is 5.69 Å². The van der Waals surface area contributed by atoms with Gasteiger partial charge in [0.25, 0.3) is 0 Å². The molecular weight excluding hydrogens is 265 g/mol. The smallest absolute Gasteiger partial charge is 0.168 e. The number of hydrogen-bond donors (Lipinski definition) is 0. The standard InChI is InChI=1S/C9H8INO/c1-6-8-4-3-7(10-2)5-9(8)12-11-6/h3-5H,2H2,1H3. The fourth-order valence-corrected chi connectivity index (χ4v) is 2.06. The van der Waals surface area contributed by atoms with Crippen LogP contribution in [0.4, 0.5) is 0 Å². The van der Waals surface area contributed by atoms with Gasteiger partial charge in [-0.15, -0.1) is 0 Å². The van der Waals surface area contributed by atoms with Crippen LogP contribution in [0.2, 0.25) is 0 Å². The molecule has 0 aliphatic carbocycles. The fourth-order valence-electron chi connectivity index (χ4n) is 1.12. The normalized spacial score (nSPS) is 10.8. The summed E-state index contributed by atoms with van der Waals surface area (Å²) in [4.78, 5) is 0. The molecule has 0 saturated heterocycles. The van der Waals surface area contributed by atoms with Gasteiger partial charge in [-0.3, -0.25) is 0 Å². The van der Waals surface area contributed by atoms with Gasteiger partial charge in [0.15, 0.2) is 5.58 Å². The molecule has 0 radical (unpaired) electrons. The minimum absolute atomic E-state index is 0.0940. The first-order chi connectivity index (χ1) is 5.81. The summed E-state index contributed by atoms with van der Waals surface area (Å²) in [6.07, 6.45) is 0. The Kier molecular flexibility index (Phi) is 1.96. The molecule has 1 aromatic heterocycles. The lowest BCUT2D eigenvalue weighted by atomic mass is 10.2. The van der Waals surface area contributed by atoms with Crippen molar-refractivity contribution >= 4 is 36.2 Å². The van der Waals surface area contributed by atoms with E-state index >= 15 is 0 Å². The van der Waals surface area contributed by atoms with E-state index in [0.29, 0.717) is 0 Å². The summed E-state index contributed by atoms with van der Waals surface area (Å²) < 4.78 is 10.3. The Labute approximate surface area is 80.3 Å². The van der Waals surface area contributed by atoms with Gasteiger partial charge in [-0.05, 0) is 25.1 Å². The molecule has 0 N–H and O–H groups in total. The summed E-state index contributed by atoms with van der Waals surface area (Å²) in [6, 6.07) is 6.20. The van der Waals surface area contributed by atoms with Gasteiger partial charge in [-0.2, -0.15) is 0 Å². The molecule has 2 aromatic rings. The third-order valence-electron chi connectivity index (χ3n) is 1.77. The molecule has 0 fully saturated rings. The molecule has 0 saturated carbocycles. The van der Waals surface area contributed by atoms with Gasteiger partial charge in [0, 0.05) is 8.96 Å². The van der Waals surface area contributed by atoms with E-state index in [0.717, 1.165) is 16.7 Å². The van der Waals surface area contributed by atoms with Crippen LogP contribution in [0.5, 0.6) is 0 Å². The molecule has 0 amide bonds. The van der Waals surface area contributed by atoms with Gasteiger partial charge in [0.2, 0.25) is 0 Å². The van der Waals surface area contributed by atoms with Crippen molar-refractivity contribution in [3.8, 4) is 0 Å². The van der Waals surface area contributed by atoms with Crippen LogP contribution in [0, 0.1) is 10.5 Å². The molecule has 2 nitrogen and oxygen atoms in total. The molecule has 0 spiro atoms. The van der Waals surface area contributed by atoms with E-state index in [1.54, 1.807) is 0 Å². The number of nitrogens with zero attached hydrogens (tertiary/aromatic N) is 1. The molecule has 0 aliphatic rings. The third kappa shape index (κ3) is 1.18. The van der Waals surface area contributed by atoms with E-state index in [1.165, 1.54) is 3.57 Å². The summed E-state index contributed by atoms with van der Waals surface area (Å²) in [5.74, 6) is 0. The van der Waals surface area contributed by atoms with E-state index in [-0.39, 0.29) is 20.7 Å². The van der Waals surface area contributed by atoms with E-state index in [1.807, 2.05) is 13.0 Å².